The van der Waals surface area contributed by atoms with Crippen LogP contribution in [0.4, 0.5) is 5.69 Å². The lowest BCUT2D eigenvalue weighted by molar-refractivity contribution is -0.140. The van der Waals surface area contributed by atoms with Crippen molar-refractivity contribution in [2.45, 2.75) is 13.3 Å². The Kier molecular flexibility index (Phi) is 6.16. The van der Waals surface area contributed by atoms with Crippen LogP contribution in [-0.2, 0) is 21.4 Å². The van der Waals surface area contributed by atoms with Crippen molar-refractivity contribution >= 4 is 23.5 Å². The number of piperazine rings is 1. The SMILES string of the molecule is CCNC(=NCCC(=O)OC)N1CCN(c2cnn(C)c2)C(=O)C1. The van der Waals surface area contributed by atoms with E-state index in [-0.39, 0.29) is 24.8 Å². The van der Waals surface area contributed by atoms with Crippen LogP contribution in [-0.4, -0.2) is 72.4 Å². The number of hydrogen-bond donors (Lipinski definition) is 1. The highest BCUT2D eigenvalue weighted by Gasteiger charge is 2.27. The number of aryl methyl sites for hydroxylation is 1. The number of guanidine groups is 1. The summed E-state index contributed by atoms with van der Waals surface area (Å²) in [6.07, 6.45) is 3.72. The van der Waals surface area contributed by atoms with Crippen molar-refractivity contribution < 1.29 is 14.3 Å². The Morgan fingerprint density at radius 1 is 1.46 bits per heavy atom. The number of carbonyl (C=O) groups is 2. The van der Waals surface area contributed by atoms with Gasteiger partial charge in [0.05, 0.1) is 32.0 Å². The van der Waals surface area contributed by atoms with Crippen LogP contribution < -0.4 is 10.2 Å². The van der Waals surface area contributed by atoms with Crippen molar-refractivity contribution in [3.8, 4) is 0 Å². The molecule has 1 aliphatic heterocycles. The molecule has 9 heteroatoms. The number of methoxy groups -OCH3 is 1. The fourth-order valence-electron chi connectivity index (χ4n) is 2.46. The van der Waals surface area contributed by atoms with Crippen LogP contribution in [0, 0.1) is 0 Å². The summed E-state index contributed by atoms with van der Waals surface area (Å²) < 4.78 is 6.28. The Morgan fingerprint density at radius 2 is 2.25 bits per heavy atom. The zero-order valence-electron chi connectivity index (χ0n) is 14.4. The number of aromatic nitrogens is 2. The molecule has 2 heterocycles. The van der Waals surface area contributed by atoms with Crippen LogP contribution in [0.5, 0.6) is 0 Å². The van der Waals surface area contributed by atoms with Crippen molar-refractivity contribution in [3.05, 3.63) is 12.4 Å². The van der Waals surface area contributed by atoms with Crippen LogP contribution in [0.25, 0.3) is 0 Å². The fraction of sp³-hybridized carbons (Fsp3) is 0.600. The molecule has 0 saturated carbocycles. The quantitative estimate of drug-likeness (QED) is 0.447. The number of ether oxygens (including phenoxy) is 1. The topological polar surface area (TPSA) is 92.1 Å². The van der Waals surface area contributed by atoms with Crippen molar-refractivity contribution in [1.29, 1.82) is 0 Å². The Balaban J connectivity index is 1.99. The molecule has 2 rings (SSSR count). The van der Waals surface area contributed by atoms with Gasteiger partial charge in [-0.15, -0.1) is 0 Å². The third-order valence-electron chi connectivity index (χ3n) is 3.66. The number of esters is 1. The highest BCUT2D eigenvalue weighted by molar-refractivity contribution is 5.98. The largest absolute Gasteiger partial charge is 0.469 e. The molecular formula is C15H24N6O3. The molecule has 0 aliphatic carbocycles. The van der Waals surface area contributed by atoms with Crippen LogP contribution in [0.3, 0.4) is 0 Å². The van der Waals surface area contributed by atoms with Gasteiger partial charge in [0.25, 0.3) is 0 Å². The van der Waals surface area contributed by atoms with Gasteiger partial charge in [-0.2, -0.15) is 5.10 Å². The first-order valence-corrected chi connectivity index (χ1v) is 7.94. The number of hydrogen-bond acceptors (Lipinski definition) is 5. The second-order valence-corrected chi connectivity index (χ2v) is 5.40. The standard InChI is InChI=1S/C15H24N6O3/c1-4-16-15(17-6-5-14(23)24-3)20-7-8-21(13(22)11-20)12-9-18-19(2)10-12/h9-10H,4-8,11H2,1-3H3,(H,16,17). The van der Waals surface area contributed by atoms with Gasteiger partial charge < -0.3 is 19.9 Å². The van der Waals surface area contributed by atoms with E-state index in [0.29, 0.717) is 32.1 Å². The zero-order valence-corrected chi connectivity index (χ0v) is 14.4. The second kappa shape index (κ2) is 8.32. The molecule has 1 aromatic rings. The fourth-order valence-corrected chi connectivity index (χ4v) is 2.46. The summed E-state index contributed by atoms with van der Waals surface area (Å²) in [6.45, 7) is 4.43. The molecule has 0 spiro atoms. The Bertz CT molecular complexity index is 612. The molecule has 9 nitrogen and oxygen atoms in total. The molecule has 24 heavy (non-hydrogen) atoms. The van der Waals surface area contributed by atoms with Gasteiger partial charge in [0.15, 0.2) is 5.96 Å². The van der Waals surface area contributed by atoms with Crippen LogP contribution in [0.2, 0.25) is 0 Å². The number of nitrogens with zero attached hydrogens (tertiary/aromatic N) is 5. The number of aliphatic imine (C=N–C) groups is 1. The predicted molar refractivity (Wildman–Crippen MR) is 89.7 cm³/mol. The van der Waals surface area contributed by atoms with Gasteiger partial charge in [-0.3, -0.25) is 19.3 Å². The van der Waals surface area contributed by atoms with E-state index in [9.17, 15) is 9.59 Å². The van der Waals surface area contributed by atoms with E-state index in [1.165, 1.54) is 7.11 Å². The minimum absolute atomic E-state index is 0.00665. The third kappa shape index (κ3) is 4.46. The number of nitrogens with one attached hydrogen (secondary N) is 1. The predicted octanol–water partition coefficient (Wildman–Crippen LogP) is -0.403. The van der Waals surface area contributed by atoms with E-state index in [4.69, 9.17) is 0 Å². The van der Waals surface area contributed by atoms with Crippen LogP contribution in [0.15, 0.2) is 17.4 Å². The maximum Gasteiger partial charge on any atom is 0.307 e. The van der Waals surface area contributed by atoms with Crippen molar-refractivity contribution in [3.63, 3.8) is 0 Å². The highest BCUT2D eigenvalue weighted by atomic mass is 16.5. The monoisotopic (exact) mass is 336 g/mol. The number of amides is 1. The summed E-state index contributed by atoms with van der Waals surface area (Å²) in [5, 5.41) is 7.26. The van der Waals surface area contributed by atoms with Gasteiger partial charge in [-0.25, -0.2) is 0 Å². The first-order chi connectivity index (χ1) is 11.5. The normalized spacial score (nSPS) is 15.6. The summed E-state index contributed by atoms with van der Waals surface area (Å²) >= 11 is 0. The molecule has 132 valence electrons. The Hall–Kier alpha value is -2.58. The second-order valence-electron chi connectivity index (χ2n) is 5.40. The van der Waals surface area contributed by atoms with Crippen molar-refractivity contribution in [1.82, 2.24) is 20.0 Å². The Morgan fingerprint density at radius 3 is 2.83 bits per heavy atom. The molecule has 1 fully saturated rings. The molecule has 1 saturated heterocycles. The Labute approximate surface area is 141 Å². The smallest absolute Gasteiger partial charge is 0.307 e. The van der Waals surface area contributed by atoms with E-state index in [0.717, 1.165) is 5.69 Å². The molecule has 1 aliphatic rings. The lowest BCUT2D eigenvalue weighted by Crippen LogP contribution is -2.55. The van der Waals surface area contributed by atoms with E-state index >= 15 is 0 Å². The lowest BCUT2D eigenvalue weighted by atomic mass is 10.3. The minimum atomic E-state index is -0.299. The van der Waals surface area contributed by atoms with E-state index < -0.39 is 0 Å². The zero-order chi connectivity index (χ0) is 17.5. The molecule has 0 bridgehead atoms. The van der Waals surface area contributed by atoms with Gasteiger partial charge in [0.2, 0.25) is 5.91 Å². The molecule has 0 unspecified atom stereocenters. The average Bonchev–Trinajstić information content (AvgIpc) is 2.99. The summed E-state index contributed by atoms with van der Waals surface area (Å²) in [5.41, 5.74) is 0.801. The average molecular weight is 336 g/mol. The molecule has 1 amide bonds. The maximum atomic E-state index is 12.4. The van der Waals surface area contributed by atoms with Gasteiger partial charge >= 0.3 is 5.97 Å². The third-order valence-corrected chi connectivity index (χ3v) is 3.66. The van der Waals surface area contributed by atoms with Gasteiger partial charge in [0, 0.05) is 32.9 Å². The maximum absolute atomic E-state index is 12.4. The molecule has 0 aromatic carbocycles. The van der Waals surface area contributed by atoms with Crippen molar-refractivity contribution in [2.75, 3.05) is 44.7 Å². The minimum Gasteiger partial charge on any atom is -0.469 e. The van der Waals surface area contributed by atoms with E-state index in [1.807, 2.05) is 25.1 Å². The van der Waals surface area contributed by atoms with Gasteiger partial charge in [0.1, 0.15) is 6.54 Å². The molecule has 1 aromatic heterocycles. The summed E-state index contributed by atoms with van der Waals surface area (Å²) in [6, 6.07) is 0. The molecule has 0 atom stereocenters. The highest BCUT2D eigenvalue weighted by Crippen LogP contribution is 2.16. The first-order valence-electron chi connectivity index (χ1n) is 7.94. The van der Waals surface area contributed by atoms with Crippen molar-refractivity contribution in [2.24, 2.45) is 12.0 Å². The van der Waals surface area contributed by atoms with E-state index in [2.05, 4.69) is 20.1 Å². The summed E-state index contributed by atoms with van der Waals surface area (Å²) in [7, 11) is 3.18. The van der Waals surface area contributed by atoms with Crippen LogP contribution >= 0.6 is 0 Å². The number of anilines is 1. The first kappa shape index (κ1) is 17.8. The number of carbonyl (C=O) groups excluding carboxylic acids is 2. The molecule has 1 N–H and O–H groups in total. The van der Waals surface area contributed by atoms with Gasteiger partial charge in [-0.1, -0.05) is 0 Å². The van der Waals surface area contributed by atoms with E-state index in [1.54, 1.807) is 15.8 Å². The van der Waals surface area contributed by atoms with Crippen LogP contribution in [0.1, 0.15) is 13.3 Å². The summed E-state index contributed by atoms with van der Waals surface area (Å²) in [5.74, 6) is 0.334. The van der Waals surface area contributed by atoms with Gasteiger partial charge in [-0.05, 0) is 6.92 Å². The summed E-state index contributed by atoms with van der Waals surface area (Å²) in [4.78, 5) is 31.7. The molecule has 0 radical (unpaired) electrons. The lowest BCUT2D eigenvalue weighted by Gasteiger charge is -2.35. The number of rotatable bonds is 5. The molecular weight excluding hydrogens is 312 g/mol.